The average molecular weight is 431 g/mol. The number of nitrogens with one attached hydrogen (secondary N) is 2. The van der Waals surface area contributed by atoms with Crippen LogP contribution in [0.15, 0.2) is 28.5 Å². The van der Waals surface area contributed by atoms with Gasteiger partial charge in [-0.05, 0) is 43.4 Å². The molecule has 0 bridgehead atoms. The van der Waals surface area contributed by atoms with Gasteiger partial charge in [0, 0.05) is 35.5 Å². The Kier molecular flexibility index (Phi) is 5.94. The van der Waals surface area contributed by atoms with Crippen molar-refractivity contribution in [2.24, 2.45) is 11.8 Å². The highest BCUT2D eigenvalue weighted by molar-refractivity contribution is 8.00. The van der Waals surface area contributed by atoms with Crippen molar-refractivity contribution in [2.75, 3.05) is 23.7 Å². The summed E-state index contributed by atoms with van der Waals surface area (Å²) < 4.78 is 0. The summed E-state index contributed by atoms with van der Waals surface area (Å²) in [7, 11) is 0. The molecule has 2 N–H and O–H groups in total. The third kappa shape index (κ3) is 4.82. The number of amides is 2. The van der Waals surface area contributed by atoms with E-state index in [1.807, 2.05) is 18.4 Å². The van der Waals surface area contributed by atoms with Crippen molar-refractivity contribution < 1.29 is 9.59 Å². The van der Waals surface area contributed by atoms with Gasteiger partial charge in [0.15, 0.2) is 5.13 Å². The number of aromatic nitrogens is 1. The Morgan fingerprint density at radius 3 is 2.79 bits per heavy atom. The van der Waals surface area contributed by atoms with Crippen LogP contribution in [0.3, 0.4) is 0 Å². The van der Waals surface area contributed by atoms with Gasteiger partial charge in [0.1, 0.15) is 0 Å². The molecule has 0 radical (unpaired) electrons. The van der Waals surface area contributed by atoms with Crippen LogP contribution in [-0.4, -0.2) is 40.0 Å². The molecule has 3 heterocycles. The minimum absolute atomic E-state index is 0.0361. The van der Waals surface area contributed by atoms with Gasteiger partial charge >= 0.3 is 0 Å². The lowest BCUT2D eigenvalue weighted by molar-refractivity contribution is -0.115. The number of hydrogen-bond donors (Lipinski definition) is 2. The summed E-state index contributed by atoms with van der Waals surface area (Å²) in [6.45, 7) is 9.49. The second-order valence-corrected chi connectivity index (χ2v) is 10.4. The van der Waals surface area contributed by atoms with E-state index < -0.39 is 0 Å². The molecule has 6 nitrogen and oxygen atoms in total. The van der Waals surface area contributed by atoms with E-state index in [1.54, 1.807) is 12.1 Å². The molecule has 4 rings (SSSR count). The summed E-state index contributed by atoms with van der Waals surface area (Å²) in [6.07, 6.45) is 1.29. The van der Waals surface area contributed by atoms with E-state index in [1.165, 1.54) is 29.5 Å². The molecule has 0 aliphatic carbocycles. The number of thiazole rings is 1. The molecule has 2 aliphatic rings. The number of benzene rings is 1. The Hall–Kier alpha value is -1.90. The van der Waals surface area contributed by atoms with E-state index in [9.17, 15) is 9.59 Å². The Morgan fingerprint density at radius 1 is 1.28 bits per heavy atom. The predicted octanol–water partition coefficient (Wildman–Crippen LogP) is 4.31. The van der Waals surface area contributed by atoms with Crippen LogP contribution in [0.2, 0.25) is 0 Å². The van der Waals surface area contributed by atoms with Crippen LogP contribution < -0.4 is 10.6 Å². The van der Waals surface area contributed by atoms with E-state index >= 15 is 0 Å². The van der Waals surface area contributed by atoms with Gasteiger partial charge in [0.2, 0.25) is 5.91 Å². The fourth-order valence-corrected chi connectivity index (χ4v) is 5.73. The van der Waals surface area contributed by atoms with Gasteiger partial charge in [-0.2, -0.15) is 0 Å². The van der Waals surface area contributed by atoms with Gasteiger partial charge in [-0.25, -0.2) is 4.98 Å². The number of fused-ring (bicyclic) bond motifs is 1. The van der Waals surface area contributed by atoms with Crippen molar-refractivity contribution in [2.45, 2.75) is 43.9 Å². The maximum atomic E-state index is 12.7. The fraction of sp³-hybridized carbons (Fsp3) is 0.476. The number of carbonyl (C=O) groups is 2. The van der Waals surface area contributed by atoms with Crippen LogP contribution in [0.25, 0.3) is 0 Å². The molecule has 1 saturated heterocycles. The minimum Gasteiger partial charge on any atom is -0.324 e. The Bertz CT molecular complexity index is 919. The lowest BCUT2D eigenvalue weighted by atomic mass is 9.92. The first kappa shape index (κ1) is 20.4. The van der Waals surface area contributed by atoms with Crippen LogP contribution in [0, 0.1) is 11.8 Å². The van der Waals surface area contributed by atoms with Crippen LogP contribution >= 0.6 is 23.1 Å². The molecule has 3 unspecified atom stereocenters. The predicted molar refractivity (Wildman–Crippen MR) is 119 cm³/mol. The molecule has 2 amide bonds. The standard InChI is InChI=1S/C21H26N4O2S2/c1-12-6-13(2)9-25(8-12)10-16-11-28-21(22-16)24-20(27)15-4-5-18-17(7-15)23-19(26)14(3)29-18/h4-5,7,11-14H,6,8-10H2,1-3H3,(H,23,26)(H,22,24,27). The van der Waals surface area contributed by atoms with Crippen LogP contribution in [-0.2, 0) is 11.3 Å². The molecule has 2 aromatic rings. The number of carbonyl (C=O) groups excluding carboxylic acids is 2. The van der Waals surface area contributed by atoms with Crippen LogP contribution in [0.5, 0.6) is 0 Å². The normalized spacial score (nSPS) is 24.7. The first-order valence-electron chi connectivity index (χ1n) is 9.97. The van der Waals surface area contributed by atoms with Crippen molar-refractivity contribution in [3.63, 3.8) is 0 Å². The molecule has 1 aromatic carbocycles. The highest BCUT2D eigenvalue weighted by atomic mass is 32.2. The van der Waals surface area contributed by atoms with Gasteiger partial charge < -0.3 is 5.32 Å². The Morgan fingerprint density at radius 2 is 2.03 bits per heavy atom. The quantitative estimate of drug-likeness (QED) is 0.756. The van der Waals surface area contributed by atoms with Gasteiger partial charge in [0.25, 0.3) is 5.91 Å². The van der Waals surface area contributed by atoms with E-state index in [2.05, 4.69) is 34.4 Å². The van der Waals surface area contributed by atoms with Gasteiger partial charge in [-0.3, -0.25) is 19.8 Å². The number of hydrogen-bond acceptors (Lipinski definition) is 6. The van der Waals surface area contributed by atoms with E-state index in [-0.39, 0.29) is 17.1 Å². The minimum atomic E-state index is -0.216. The zero-order valence-electron chi connectivity index (χ0n) is 16.9. The SMILES string of the molecule is CC1CC(C)CN(Cc2csc(NC(=O)c3ccc4c(c3)NC(=O)C(C)S4)n2)C1. The summed E-state index contributed by atoms with van der Waals surface area (Å²) in [5, 5.41) is 8.26. The lowest BCUT2D eigenvalue weighted by Crippen LogP contribution is -2.38. The second kappa shape index (κ2) is 8.45. The highest BCUT2D eigenvalue weighted by Gasteiger charge is 2.24. The summed E-state index contributed by atoms with van der Waals surface area (Å²) in [6, 6.07) is 5.40. The monoisotopic (exact) mass is 430 g/mol. The maximum absolute atomic E-state index is 12.7. The smallest absolute Gasteiger partial charge is 0.257 e. The summed E-state index contributed by atoms with van der Waals surface area (Å²) >= 11 is 2.95. The number of anilines is 2. The molecular formula is C21H26N4O2S2. The molecule has 0 saturated carbocycles. The van der Waals surface area contributed by atoms with Gasteiger partial charge in [-0.1, -0.05) is 13.8 Å². The van der Waals surface area contributed by atoms with Crippen LogP contribution in [0.1, 0.15) is 43.2 Å². The first-order chi connectivity index (χ1) is 13.9. The zero-order chi connectivity index (χ0) is 20.5. The number of nitrogens with zero attached hydrogens (tertiary/aromatic N) is 2. The lowest BCUT2D eigenvalue weighted by Gasteiger charge is -2.34. The fourth-order valence-electron chi connectivity index (χ4n) is 4.11. The summed E-state index contributed by atoms with van der Waals surface area (Å²) in [5.41, 5.74) is 2.20. The van der Waals surface area contributed by atoms with E-state index in [0.717, 1.165) is 30.2 Å². The largest absolute Gasteiger partial charge is 0.324 e. The van der Waals surface area contributed by atoms with Crippen LogP contribution in [0.4, 0.5) is 10.8 Å². The molecule has 0 spiro atoms. The highest BCUT2D eigenvalue weighted by Crippen LogP contribution is 2.36. The van der Waals surface area contributed by atoms with E-state index in [4.69, 9.17) is 0 Å². The third-order valence-electron chi connectivity index (χ3n) is 5.27. The maximum Gasteiger partial charge on any atom is 0.257 e. The molecule has 2 aliphatic heterocycles. The molecular weight excluding hydrogens is 404 g/mol. The Balaban J connectivity index is 1.39. The molecule has 1 aromatic heterocycles. The molecule has 29 heavy (non-hydrogen) atoms. The molecule has 3 atom stereocenters. The number of piperidine rings is 1. The Labute approximate surface area is 179 Å². The molecule has 1 fully saturated rings. The molecule has 8 heteroatoms. The van der Waals surface area contributed by atoms with Crippen molar-refractivity contribution >= 4 is 45.7 Å². The third-order valence-corrected chi connectivity index (χ3v) is 7.26. The van der Waals surface area contributed by atoms with Gasteiger partial charge in [-0.15, -0.1) is 23.1 Å². The van der Waals surface area contributed by atoms with Crippen molar-refractivity contribution in [1.82, 2.24) is 9.88 Å². The number of likely N-dealkylation sites (tertiary alicyclic amines) is 1. The first-order valence-corrected chi connectivity index (χ1v) is 11.7. The summed E-state index contributed by atoms with van der Waals surface area (Å²) in [5.74, 6) is 1.17. The number of thioether (sulfide) groups is 1. The van der Waals surface area contributed by atoms with E-state index in [0.29, 0.717) is 28.2 Å². The zero-order valence-corrected chi connectivity index (χ0v) is 18.5. The van der Waals surface area contributed by atoms with Crippen molar-refractivity contribution in [1.29, 1.82) is 0 Å². The van der Waals surface area contributed by atoms with Crippen molar-refractivity contribution in [3.8, 4) is 0 Å². The average Bonchev–Trinajstić information content (AvgIpc) is 3.08. The van der Waals surface area contributed by atoms with Gasteiger partial charge in [0.05, 0.1) is 16.6 Å². The van der Waals surface area contributed by atoms with Crippen molar-refractivity contribution in [3.05, 3.63) is 34.8 Å². The summed E-state index contributed by atoms with van der Waals surface area (Å²) in [4.78, 5) is 32.6. The molecule has 154 valence electrons. The second-order valence-electron chi connectivity index (χ2n) is 8.20. The number of rotatable bonds is 4. The topological polar surface area (TPSA) is 74.3 Å².